The maximum absolute atomic E-state index is 12.6. The van der Waals surface area contributed by atoms with Crippen LogP contribution in [0.1, 0.15) is 32.3 Å². The van der Waals surface area contributed by atoms with Crippen molar-refractivity contribution in [1.29, 1.82) is 0 Å². The molecule has 0 aliphatic carbocycles. The van der Waals surface area contributed by atoms with Crippen LogP contribution in [-0.4, -0.2) is 17.3 Å². The minimum absolute atomic E-state index is 0.499. The van der Waals surface area contributed by atoms with E-state index in [4.69, 9.17) is 5.11 Å². The van der Waals surface area contributed by atoms with Gasteiger partial charge in [-0.1, -0.05) is 44.2 Å². The number of alkyl halides is 3. The fourth-order valence-corrected chi connectivity index (χ4v) is 2.18. The van der Waals surface area contributed by atoms with Crippen LogP contribution in [0.5, 0.6) is 0 Å². The molecule has 0 fully saturated rings. The van der Waals surface area contributed by atoms with Crippen molar-refractivity contribution in [3.05, 3.63) is 35.9 Å². The molecule has 0 saturated carbocycles. The van der Waals surface area contributed by atoms with Crippen molar-refractivity contribution in [2.45, 2.75) is 38.3 Å². The van der Waals surface area contributed by atoms with E-state index >= 15 is 0 Å². The third-order valence-corrected chi connectivity index (χ3v) is 3.44. The molecule has 0 spiro atoms. The van der Waals surface area contributed by atoms with Gasteiger partial charge in [-0.2, -0.15) is 13.2 Å². The summed E-state index contributed by atoms with van der Waals surface area (Å²) < 4.78 is 37.8. The molecule has 1 aromatic rings. The van der Waals surface area contributed by atoms with Crippen LogP contribution in [0.3, 0.4) is 0 Å². The molecule has 0 bridgehead atoms. The summed E-state index contributed by atoms with van der Waals surface area (Å²) in [6, 6.07) is 8.71. The molecule has 1 aromatic carbocycles. The van der Waals surface area contributed by atoms with E-state index < -0.39 is 36.3 Å². The zero-order valence-electron chi connectivity index (χ0n) is 10.9. The van der Waals surface area contributed by atoms with Crippen LogP contribution < -0.4 is 0 Å². The number of benzene rings is 1. The van der Waals surface area contributed by atoms with Gasteiger partial charge in [0.1, 0.15) is 0 Å². The van der Waals surface area contributed by atoms with Gasteiger partial charge in [-0.3, -0.25) is 4.79 Å². The van der Waals surface area contributed by atoms with Gasteiger partial charge in [0.15, 0.2) is 0 Å². The summed E-state index contributed by atoms with van der Waals surface area (Å²) in [5.41, 5.74) is -0.139. The Labute approximate surface area is 110 Å². The number of carboxylic acid groups (broad SMARTS) is 1. The fraction of sp³-hybridized carbons (Fsp3) is 0.500. The SMILES string of the molecule is CC(C)(c1ccccc1)C(CC(=O)O)CC(F)(F)F. The Morgan fingerprint density at radius 1 is 1.21 bits per heavy atom. The van der Waals surface area contributed by atoms with Crippen molar-refractivity contribution < 1.29 is 23.1 Å². The molecule has 1 rings (SSSR count). The van der Waals surface area contributed by atoms with E-state index in [1.807, 2.05) is 0 Å². The quantitative estimate of drug-likeness (QED) is 0.881. The number of aliphatic carboxylic acids is 1. The highest BCUT2D eigenvalue weighted by Gasteiger charge is 2.41. The Kier molecular flexibility index (Phi) is 4.61. The van der Waals surface area contributed by atoms with Gasteiger partial charge in [-0.15, -0.1) is 0 Å². The number of hydrogen-bond acceptors (Lipinski definition) is 1. The van der Waals surface area contributed by atoms with Gasteiger partial charge in [-0.05, 0) is 16.9 Å². The Hall–Kier alpha value is -1.52. The Balaban J connectivity index is 3.05. The second kappa shape index (κ2) is 5.63. The molecular formula is C14H17F3O2. The largest absolute Gasteiger partial charge is 0.481 e. The smallest absolute Gasteiger partial charge is 0.389 e. The van der Waals surface area contributed by atoms with Crippen LogP contribution in [0, 0.1) is 5.92 Å². The van der Waals surface area contributed by atoms with Crippen LogP contribution in [0.15, 0.2) is 30.3 Å². The highest BCUT2D eigenvalue weighted by molar-refractivity contribution is 5.67. The second-order valence-electron chi connectivity index (χ2n) is 5.20. The maximum atomic E-state index is 12.6. The van der Waals surface area contributed by atoms with Gasteiger partial charge in [0.2, 0.25) is 0 Å². The Morgan fingerprint density at radius 2 is 1.74 bits per heavy atom. The first-order valence-electron chi connectivity index (χ1n) is 5.97. The van der Waals surface area contributed by atoms with Crippen LogP contribution in [-0.2, 0) is 10.2 Å². The van der Waals surface area contributed by atoms with E-state index in [0.29, 0.717) is 5.56 Å². The van der Waals surface area contributed by atoms with E-state index in [9.17, 15) is 18.0 Å². The molecular weight excluding hydrogens is 257 g/mol. The van der Waals surface area contributed by atoms with Crippen LogP contribution in [0.4, 0.5) is 13.2 Å². The number of halogens is 3. The highest BCUT2D eigenvalue weighted by Crippen LogP contribution is 2.40. The van der Waals surface area contributed by atoms with Crippen molar-refractivity contribution >= 4 is 5.97 Å². The van der Waals surface area contributed by atoms with Gasteiger partial charge in [0.05, 0.1) is 0 Å². The molecule has 0 amide bonds. The zero-order valence-corrected chi connectivity index (χ0v) is 10.9. The van der Waals surface area contributed by atoms with Crippen LogP contribution in [0.25, 0.3) is 0 Å². The lowest BCUT2D eigenvalue weighted by atomic mass is 9.70. The number of carbonyl (C=O) groups is 1. The highest BCUT2D eigenvalue weighted by atomic mass is 19.4. The molecule has 0 heterocycles. The molecule has 2 nitrogen and oxygen atoms in total. The van der Waals surface area contributed by atoms with Gasteiger partial charge in [0.25, 0.3) is 0 Å². The van der Waals surface area contributed by atoms with E-state index in [1.54, 1.807) is 44.2 Å². The molecule has 5 heteroatoms. The summed E-state index contributed by atoms with van der Waals surface area (Å²) in [7, 11) is 0. The van der Waals surface area contributed by atoms with E-state index in [0.717, 1.165) is 0 Å². The van der Waals surface area contributed by atoms with Crippen molar-refractivity contribution in [3.63, 3.8) is 0 Å². The van der Waals surface area contributed by atoms with E-state index in [1.165, 1.54) is 0 Å². The Morgan fingerprint density at radius 3 is 2.16 bits per heavy atom. The minimum Gasteiger partial charge on any atom is -0.481 e. The molecule has 0 saturated heterocycles. The van der Waals surface area contributed by atoms with Gasteiger partial charge in [0, 0.05) is 12.8 Å². The maximum Gasteiger partial charge on any atom is 0.389 e. The summed E-state index contributed by atoms with van der Waals surface area (Å²) in [4.78, 5) is 10.8. The lowest BCUT2D eigenvalue weighted by Crippen LogP contribution is -2.34. The van der Waals surface area contributed by atoms with Crippen LogP contribution >= 0.6 is 0 Å². The monoisotopic (exact) mass is 274 g/mol. The number of hydrogen-bond donors (Lipinski definition) is 1. The first kappa shape index (κ1) is 15.5. The van der Waals surface area contributed by atoms with Gasteiger partial charge < -0.3 is 5.11 Å². The molecule has 1 N–H and O–H groups in total. The molecule has 0 aliphatic rings. The molecule has 0 aromatic heterocycles. The van der Waals surface area contributed by atoms with Gasteiger partial charge >= 0.3 is 12.1 Å². The first-order valence-corrected chi connectivity index (χ1v) is 5.97. The molecule has 0 radical (unpaired) electrons. The Bertz CT molecular complexity index is 424. The third kappa shape index (κ3) is 4.58. The number of carboxylic acids is 1. The molecule has 19 heavy (non-hydrogen) atoms. The molecule has 1 atom stereocenters. The van der Waals surface area contributed by atoms with Gasteiger partial charge in [-0.25, -0.2) is 0 Å². The average molecular weight is 274 g/mol. The standard InChI is InChI=1S/C14H17F3O2/c1-13(2,10-6-4-3-5-7-10)11(8-12(18)19)9-14(15,16)17/h3-7,11H,8-9H2,1-2H3,(H,18,19). The summed E-state index contributed by atoms with van der Waals surface area (Å²) in [5.74, 6) is -2.20. The van der Waals surface area contributed by atoms with E-state index in [2.05, 4.69) is 0 Å². The number of rotatable bonds is 5. The molecule has 106 valence electrons. The minimum atomic E-state index is -4.37. The second-order valence-corrected chi connectivity index (χ2v) is 5.20. The predicted octanol–water partition coefficient (Wildman–Crippen LogP) is 4.01. The van der Waals surface area contributed by atoms with Crippen molar-refractivity contribution in [3.8, 4) is 0 Å². The summed E-state index contributed by atoms with van der Waals surface area (Å²) in [5, 5.41) is 8.82. The van der Waals surface area contributed by atoms with E-state index in [-0.39, 0.29) is 0 Å². The summed E-state index contributed by atoms with van der Waals surface area (Å²) in [6.45, 7) is 3.31. The topological polar surface area (TPSA) is 37.3 Å². The van der Waals surface area contributed by atoms with Crippen molar-refractivity contribution in [2.24, 2.45) is 5.92 Å². The fourth-order valence-electron chi connectivity index (χ4n) is 2.18. The predicted molar refractivity (Wildman–Crippen MR) is 65.9 cm³/mol. The average Bonchev–Trinajstić information content (AvgIpc) is 2.27. The summed E-state index contributed by atoms with van der Waals surface area (Å²) >= 11 is 0. The normalized spacial score (nSPS) is 14.2. The lowest BCUT2D eigenvalue weighted by Gasteiger charge is -2.34. The summed E-state index contributed by atoms with van der Waals surface area (Å²) in [6.07, 6.45) is -5.96. The first-order chi connectivity index (χ1) is 8.63. The zero-order chi connectivity index (χ0) is 14.7. The van der Waals surface area contributed by atoms with Crippen molar-refractivity contribution in [1.82, 2.24) is 0 Å². The third-order valence-electron chi connectivity index (χ3n) is 3.44. The molecule has 1 unspecified atom stereocenters. The molecule has 0 aliphatic heterocycles. The van der Waals surface area contributed by atoms with Crippen molar-refractivity contribution in [2.75, 3.05) is 0 Å². The van der Waals surface area contributed by atoms with Crippen LogP contribution in [0.2, 0.25) is 0 Å². The lowest BCUT2D eigenvalue weighted by molar-refractivity contribution is -0.155.